The Morgan fingerprint density at radius 1 is 1.00 bits per heavy atom. The van der Waals surface area contributed by atoms with Crippen LogP contribution in [0.3, 0.4) is 0 Å². The number of esters is 1. The Balaban J connectivity index is 1.80. The molecule has 1 aliphatic carbocycles. The summed E-state index contributed by atoms with van der Waals surface area (Å²) >= 11 is 0. The van der Waals surface area contributed by atoms with Crippen LogP contribution >= 0.6 is 0 Å². The largest absolute Gasteiger partial charge is 0.426 e. The number of hydrogen-bond acceptors (Lipinski definition) is 3. The zero-order chi connectivity index (χ0) is 22.4. The van der Waals surface area contributed by atoms with Gasteiger partial charge in [-0.25, -0.2) is 0 Å². The SMILES string of the molecule is CC(C)Cc1ccccc1C(C)C(=O)Oc1cccc(C2=C(CN(C)C)CCCC2)c1. The zero-order valence-electron chi connectivity index (χ0n) is 19.8. The Labute approximate surface area is 188 Å². The number of benzene rings is 2. The maximum Gasteiger partial charge on any atom is 0.318 e. The molecule has 0 bridgehead atoms. The molecule has 2 aromatic carbocycles. The molecule has 0 saturated heterocycles. The van der Waals surface area contributed by atoms with Crippen molar-refractivity contribution in [2.45, 2.75) is 58.8 Å². The lowest BCUT2D eigenvalue weighted by Gasteiger charge is -2.23. The molecule has 3 rings (SSSR count). The van der Waals surface area contributed by atoms with Crippen molar-refractivity contribution < 1.29 is 9.53 Å². The van der Waals surface area contributed by atoms with Crippen LogP contribution in [0.2, 0.25) is 0 Å². The van der Waals surface area contributed by atoms with Crippen molar-refractivity contribution in [3.8, 4) is 5.75 Å². The van der Waals surface area contributed by atoms with Gasteiger partial charge < -0.3 is 9.64 Å². The Kier molecular flexibility index (Phi) is 8.09. The molecule has 1 aliphatic rings. The predicted octanol–water partition coefficient (Wildman–Crippen LogP) is 6.48. The molecule has 0 spiro atoms. The van der Waals surface area contributed by atoms with Crippen molar-refractivity contribution >= 4 is 11.5 Å². The quantitative estimate of drug-likeness (QED) is 0.362. The van der Waals surface area contributed by atoms with Gasteiger partial charge in [0.05, 0.1) is 5.92 Å². The van der Waals surface area contributed by atoms with Crippen LogP contribution in [0.5, 0.6) is 5.75 Å². The highest BCUT2D eigenvalue weighted by Crippen LogP contribution is 2.34. The fourth-order valence-electron chi connectivity index (χ4n) is 4.53. The molecule has 2 aromatic rings. The Morgan fingerprint density at radius 2 is 1.74 bits per heavy atom. The van der Waals surface area contributed by atoms with E-state index in [1.54, 1.807) is 0 Å². The third-order valence-electron chi connectivity index (χ3n) is 5.99. The van der Waals surface area contributed by atoms with Crippen molar-refractivity contribution in [1.29, 1.82) is 0 Å². The van der Waals surface area contributed by atoms with Crippen molar-refractivity contribution in [3.63, 3.8) is 0 Å². The lowest BCUT2D eigenvalue weighted by molar-refractivity contribution is -0.135. The molecule has 1 unspecified atom stereocenters. The van der Waals surface area contributed by atoms with E-state index in [1.807, 2.05) is 37.3 Å². The zero-order valence-corrected chi connectivity index (χ0v) is 19.8. The van der Waals surface area contributed by atoms with Crippen LogP contribution in [0.1, 0.15) is 69.1 Å². The molecule has 0 aliphatic heterocycles. The normalized spacial score (nSPS) is 15.5. The molecule has 0 heterocycles. The molecule has 0 saturated carbocycles. The van der Waals surface area contributed by atoms with Crippen LogP contribution in [0, 0.1) is 5.92 Å². The van der Waals surface area contributed by atoms with Crippen LogP contribution in [-0.2, 0) is 11.2 Å². The van der Waals surface area contributed by atoms with E-state index < -0.39 is 0 Å². The molecule has 0 fully saturated rings. The molecule has 0 amide bonds. The van der Waals surface area contributed by atoms with Crippen LogP contribution in [0.4, 0.5) is 0 Å². The first kappa shape index (κ1) is 23.3. The third-order valence-corrected chi connectivity index (χ3v) is 5.99. The van der Waals surface area contributed by atoms with Gasteiger partial charge in [0.1, 0.15) is 5.75 Å². The van der Waals surface area contributed by atoms with Crippen LogP contribution in [0.25, 0.3) is 5.57 Å². The molecule has 1 atom stereocenters. The molecule has 0 radical (unpaired) electrons. The summed E-state index contributed by atoms with van der Waals surface area (Å²) in [4.78, 5) is 15.2. The third kappa shape index (κ3) is 6.30. The average molecular weight is 420 g/mol. The molecule has 0 N–H and O–H groups in total. The molecule has 0 aromatic heterocycles. The van der Waals surface area contributed by atoms with E-state index in [-0.39, 0.29) is 11.9 Å². The van der Waals surface area contributed by atoms with Crippen LogP contribution in [0.15, 0.2) is 54.1 Å². The van der Waals surface area contributed by atoms with Gasteiger partial charge in [-0.15, -0.1) is 0 Å². The molecule has 3 heteroatoms. The van der Waals surface area contributed by atoms with E-state index >= 15 is 0 Å². The second kappa shape index (κ2) is 10.8. The number of allylic oxidation sites excluding steroid dienone is 1. The van der Waals surface area contributed by atoms with Gasteiger partial charge in [0, 0.05) is 6.54 Å². The molecule has 31 heavy (non-hydrogen) atoms. The highest BCUT2D eigenvalue weighted by atomic mass is 16.5. The monoisotopic (exact) mass is 419 g/mol. The predicted molar refractivity (Wildman–Crippen MR) is 129 cm³/mol. The lowest BCUT2D eigenvalue weighted by atomic mass is 9.87. The van der Waals surface area contributed by atoms with Crippen molar-refractivity contribution in [2.75, 3.05) is 20.6 Å². The van der Waals surface area contributed by atoms with E-state index in [2.05, 4.69) is 51.0 Å². The Morgan fingerprint density at radius 3 is 2.48 bits per heavy atom. The minimum atomic E-state index is -0.295. The smallest absolute Gasteiger partial charge is 0.318 e. The highest BCUT2D eigenvalue weighted by molar-refractivity contribution is 5.81. The van der Waals surface area contributed by atoms with Crippen molar-refractivity contribution in [2.24, 2.45) is 5.92 Å². The van der Waals surface area contributed by atoms with Crippen LogP contribution in [-0.4, -0.2) is 31.5 Å². The minimum absolute atomic E-state index is 0.195. The van der Waals surface area contributed by atoms with Gasteiger partial charge >= 0.3 is 5.97 Å². The van der Waals surface area contributed by atoms with Crippen molar-refractivity contribution in [1.82, 2.24) is 4.90 Å². The maximum absolute atomic E-state index is 13.0. The summed E-state index contributed by atoms with van der Waals surface area (Å²) in [7, 11) is 4.24. The molecular formula is C28H37NO2. The van der Waals surface area contributed by atoms with Gasteiger partial charge in [0.25, 0.3) is 0 Å². The standard InChI is InChI=1S/C28H37NO2/c1-20(2)17-22-11-6-8-15-26(22)21(3)28(30)31-25-14-10-13-23(18-25)27-16-9-7-12-24(27)19-29(4)5/h6,8,10-11,13-15,18,20-21H,7,9,12,16-17,19H2,1-5H3. The number of rotatable bonds is 8. The Bertz CT molecular complexity index is 926. The van der Waals surface area contributed by atoms with Gasteiger partial charge in [-0.2, -0.15) is 0 Å². The number of likely N-dealkylation sites (N-methyl/N-ethyl adjacent to an activating group) is 1. The number of hydrogen-bond donors (Lipinski definition) is 0. The summed E-state index contributed by atoms with van der Waals surface area (Å²) < 4.78 is 5.87. The van der Waals surface area contributed by atoms with Gasteiger partial charge in [0.15, 0.2) is 0 Å². The van der Waals surface area contributed by atoms with E-state index in [1.165, 1.54) is 35.1 Å². The molecule has 3 nitrogen and oxygen atoms in total. The van der Waals surface area contributed by atoms with E-state index in [0.29, 0.717) is 11.7 Å². The summed E-state index contributed by atoms with van der Waals surface area (Å²) in [6, 6.07) is 16.3. The van der Waals surface area contributed by atoms with Gasteiger partial charge in [-0.3, -0.25) is 4.79 Å². The first-order valence-electron chi connectivity index (χ1n) is 11.6. The maximum atomic E-state index is 13.0. The molecule has 166 valence electrons. The summed E-state index contributed by atoms with van der Waals surface area (Å²) in [6.45, 7) is 7.35. The minimum Gasteiger partial charge on any atom is -0.426 e. The summed E-state index contributed by atoms with van der Waals surface area (Å²) in [6.07, 6.45) is 5.70. The van der Waals surface area contributed by atoms with E-state index in [4.69, 9.17) is 4.74 Å². The second-order valence-corrected chi connectivity index (χ2v) is 9.49. The lowest BCUT2D eigenvalue weighted by Crippen LogP contribution is -2.18. The van der Waals surface area contributed by atoms with E-state index in [0.717, 1.165) is 31.4 Å². The summed E-state index contributed by atoms with van der Waals surface area (Å²) in [5, 5.41) is 0. The fraction of sp³-hybridized carbons (Fsp3) is 0.464. The first-order valence-corrected chi connectivity index (χ1v) is 11.6. The van der Waals surface area contributed by atoms with Gasteiger partial charge in [-0.05, 0) is 93.4 Å². The fourth-order valence-corrected chi connectivity index (χ4v) is 4.53. The van der Waals surface area contributed by atoms with Gasteiger partial charge in [-0.1, -0.05) is 55.8 Å². The van der Waals surface area contributed by atoms with Crippen molar-refractivity contribution in [3.05, 3.63) is 70.8 Å². The topological polar surface area (TPSA) is 29.5 Å². The first-order chi connectivity index (χ1) is 14.8. The number of nitrogens with zero attached hydrogens (tertiary/aromatic N) is 1. The number of carbonyl (C=O) groups is 1. The van der Waals surface area contributed by atoms with Gasteiger partial charge in [0.2, 0.25) is 0 Å². The summed E-state index contributed by atoms with van der Waals surface area (Å²) in [5.74, 6) is 0.690. The molecular weight excluding hydrogens is 382 g/mol. The number of carbonyl (C=O) groups excluding carboxylic acids is 1. The average Bonchev–Trinajstić information content (AvgIpc) is 2.73. The second-order valence-electron chi connectivity index (χ2n) is 9.49. The van der Waals surface area contributed by atoms with E-state index in [9.17, 15) is 4.79 Å². The summed E-state index contributed by atoms with van der Waals surface area (Å²) in [5.41, 5.74) is 6.43. The Hall–Kier alpha value is -2.39. The number of ether oxygens (including phenoxy) is 1. The highest BCUT2D eigenvalue weighted by Gasteiger charge is 2.21. The van der Waals surface area contributed by atoms with Crippen LogP contribution < -0.4 is 4.74 Å².